The zero-order chi connectivity index (χ0) is 15.2. The summed E-state index contributed by atoms with van der Waals surface area (Å²) in [6.07, 6.45) is 5.44. The Morgan fingerprint density at radius 2 is 2.14 bits per heavy atom. The van der Waals surface area contributed by atoms with Crippen LogP contribution in [0.4, 0.5) is 5.69 Å². The highest BCUT2D eigenvalue weighted by Gasteiger charge is 2.08. The van der Waals surface area contributed by atoms with Crippen molar-refractivity contribution in [1.29, 1.82) is 0 Å². The normalized spacial score (nSPS) is 10.5. The van der Waals surface area contributed by atoms with Gasteiger partial charge in [0.1, 0.15) is 0 Å². The number of nitrogens with zero attached hydrogens (tertiary/aromatic N) is 3. The van der Waals surface area contributed by atoms with Crippen LogP contribution >= 0.6 is 0 Å². The summed E-state index contributed by atoms with van der Waals surface area (Å²) in [6, 6.07) is 3.03. The van der Waals surface area contributed by atoms with Crippen LogP contribution in [0, 0.1) is 0 Å². The fraction of sp³-hybridized carbons (Fsp3) is 0.357. The zero-order valence-electron chi connectivity index (χ0n) is 11.9. The first-order valence-corrected chi connectivity index (χ1v) is 6.75. The minimum Gasteiger partial charge on any atom is -0.462 e. The fourth-order valence-corrected chi connectivity index (χ4v) is 1.93. The van der Waals surface area contributed by atoms with Crippen LogP contribution in [-0.2, 0) is 17.8 Å². The second kappa shape index (κ2) is 6.74. The molecule has 0 amide bonds. The number of anilines is 1. The number of nitrogens with two attached hydrogens (primary N) is 1. The Bertz CT molecular complexity index is 675. The standard InChI is InChI=1S/C14H18N4O3/c1-2-21-14(20)11-8-16-18(9-11)7-3-6-17-10-12(15)4-5-13(17)19/h4-5,8-10H,2-3,6-7,15H2,1H3. The van der Waals surface area contributed by atoms with E-state index in [4.69, 9.17) is 10.5 Å². The van der Waals surface area contributed by atoms with E-state index in [0.29, 0.717) is 37.4 Å². The molecule has 0 aromatic carbocycles. The van der Waals surface area contributed by atoms with E-state index in [2.05, 4.69) is 5.10 Å². The van der Waals surface area contributed by atoms with Crippen molar-refractivity contribution in [2.24, 2.45) is 0 Å². The third kappa shape index (κ3) is 3.95. The van der Waals surface area contributed by atoms with Crippen LogP contribution < -0.4 is 11.3 Å². The second-order valence-corrected chi connectivity index (χ2v) is 4.56. The number of hydrogen-bond acceptors (Lipinski definition) is 5. The summed E-state index contributed by atoms with van der Waals surface area (Å²) in [7, 11) is 0. The number of pyridine rings is 1. The van der Waals surface area contributed by atoms with Crippen molar-refractivity contribution in [3.8, 4) is 0 Å². The molecule has 0 aliphatic heterocycles. The van der Waals surface area contributed by atoms with Gasteiger partial charge in [0.2, 0.25) is 0 Å². The average Bonchev–Trinajstić information content (AvgIpc) is 2.92. The summed E-state index contributed by atoms with van der Waals surface area (Å²) >= 11 is 0. The fourth-order valence-electron chi connectivity index (χ4n) is 1.93. The topological polar surface area (TPSA) is 92.1 Å². The second-order valence-electron chi connectivity index (χ2n) is 4.56. The number of carbonyl (C=O) groups is 1. The number of nitrogen functional groups attached to an aromatic ring is 1. The molecule has 2 aromatic heterocycles. The van der Waals surface area contributed by atoms with Gasteiger partial charge in [-0.1, -0.05) is 0 Å². The number of carbonyl (C=O) groups excluding carboxylic acids is 1. The number of rotatable bonds is 6. The molecule has 0 spiro atoms. The zero-order valence-corrected chi connectivity index (χ0v) is 11.9. The molecular weight excluding hydrogens is 272 g/mol. The van der Waals surface area contributed by atoms with E-state index in [0.717, 1.165) is 0 Å². The van der Waals surface area contributed by atoms with E-state index in [1.807, 2.05) is 0 Å². The summed E-state index contributed by atoms with van der Waals surface area (Å²) < 4.78 is 8.11. The molecule has 2 heterocycles. The highest BCUT2D eigenvalue weighted by molar-refractivity contribution is 5.88. The smallest absolute Gasteiger partial charge is 0.341 e. The van der Waals surface area contributed by atoms with Crippen molar-refractivity contribution in [2.75, 3.05) is 12.3 Å². The summed E-state index contributed by atoms with van der Waals surface area (Å²) in [4.78, 5) is 23.1. The number of aromatic nitrogens is 3. The van der Waals surface area contributed by atoms with Gasteiger partial charge < -0.3 is 15.0 Å². The predicted octanol–water partition coefficient (Wildman–Crippen LogP) is 0.894. The Kier molecular flexibility index (Phi) is 4.76. The van der Waals surface area contributed by atoms with E-state index in [1.54, 1.807) is 34.6 Å². The van der Waals surface area contributed by atoms with Crippen LogP contribution in [0.5, 0.6) is 0 Å². The molecule has 2 rings (SSSR count). The predicted molar refractivity (Wildman–Crippen MR) is 77.9 cm³/mol. The van der Waals surface area contributed by atoms with E-state index in [9.17, 15) is 9.59 Å². The Morgan fingerprint density at radius 1 is 1.33 bits per heavy atom. The largest absolute Gasteiger partial charge is 0.462 e. The molecule has 0 atom stereocenters. The van der Waals surface area contributed by atoms with Crippen molar-refractivity contribution in [3.63, 3.8) is 0 Å². The molecule has 0 fully saturated rings. The monoisotopic (exact) mass is 290 g/mol. The lowest BCUT2D eigenvalue weighted by Crippen LogP contribution is -2.19. The third-order valence-corrected chi connectivity index (χ3v) is 2.94. The molecule has 0 radical (unpaired) electrons. The van der Waals surface area contributed by atoms with Gasteiger partial charge in [0.15, 0.2) is 0 Å². The van der Waals surface area contributed by atoms with Gasteiger partial charge in [0.25, 0.3) is 5.56 Å². The summed E-state index contributed by atoms with van der Waals surface area (Å²) in [6.45, 7) is 3.23. The Balaban J connectivity index is 1.90. The first kappa shape index (κ1) is 14.8. The highest BCUT2D eigenvalue weighted by Crippen LogP contribution is 2.03. The van der Waals surface area contributed by atoms with Gasteiger partial charge in [-0.05, 0) is 19.4 Å². The third-order valence-electron chi connectivity index (χ3n) is 2.94. The molecule has 0 aliphatic rings. The van der Waals surface area contributed by atoms with Crippen molar-refractivity contribution in [1.82, 2.24) is 14.3 Å². The van der Waals surface area contributed by atoms with E-state index in [-0.39, 0.29) is 11.5 Å². The van der Waals surface area contributed by atoms with Crippen molar-refractivity contribution in [3.05, 3.63) is 46.6 Å². The Labute approximate surface area is 121 Å². The molecule has 2 aromatic rings. The molecule has 0 aliphatic carbocycles. The highest BCUT2D eigenvalue weighted by atomic mass is 16.5. The molecule has 21 heavy (non-hydrogen) atoms. The Hall–Kier alpha value is -2.57. The molecule has 2 N–H and O–H groups in total. The average molecular weight is 290 g/mol. The molecule has 0 saturated carbocycles. The lowest BCUT2D eigenvalue weighted by Gasteiger charge is -2.06. The quantitative estimate of drug-likeness (QED) is 0.798. The molecule has 112 valence electrons. The van der Waals surface area contributed by atoms with Gasteiger partial charge in [-0.3, -0.25) is 9.48 Å². The molecule has 0 saturated heterocycles. The molecule has 0 bridgehead atoms. The van der Waals surface area contributed by atoms with Crippen molar-refractivity contribution in [2.45, 2.75) is 26.4 Å². The van der Waals surface area contributed by atoms with Gasteiger partial charge >= 0.3 is 5.97 Å². The van der Waals surface area contributed by atoms with Gasteiger partial charge in [0, 0.05) is 37.2 Å². The minimum atomic E-state index is -0.379. The molecular formula is C14H18N4O3. The summed E-state index contributed by atoms with van der Waals surface area (Å²) in [5.41, 5.74) is 6.54. The van der Waals surface area contributed by atoms with Crippen LogP contribution in [0.2, 0.25) is 0 Å². The van der Waals surface area contributed by atoms with Gasteiger partial charge in [0.05, 0.1) is 18.4 Å². The number of esters is 1. The first-order valence-electron chi connectivity index (χ1n) is 6.75. The van der Waals surface area contributed by atoms with Crippen LogP contribution in [-0.4, -0.2) is 26.9 Å². The Morgan fingerprint density at radius 3 is 2.90 bits per heavy atom. The SMILES string of the molecule is CCOC(=O)c1cnn(CCCn2cc(N)ccc2=O)c1. The minimum absolute atomic E-state index is 0.0862. The first-order chi connectivity index (χ1) is 10.1. The summed E-state index contributed by atoms with van der Waals surface area (Å²) in [5, 5.41) is 4.09. The van der Waals surface area contributed by atoms with Gasteiger partial charge in [-0.15, -0.1) is 0 Å². The van der Waals surface area contributed by atoms with Crippen LogP contribution in [0.15, 0.2) is 35.5 Å². The maximum Gasteiger partial charge on any atom is 0.341 e. The number of ether oxygens (including phenoxy) is 1. The van der Waals surface area contributed by atoms with E-state index in [1.165, 1.54) is 12.3 Å². The van der Waals surface area contributed by atoms with Crippen LogP contribution in [0.1, 0.15) is 23.7 Å². The van der Waals surface area contributed by atoms with Crippen LogP contribution in [0.25, 0.3) is 0 Å². The molecule has 7 nitrogen and oxygen atoms in total. The van der Waals surface area contributed by atoms with E-state index >= 15 is 0 Å². The summed E-state index contributed by atoms with van der Waals surface area (Å²) in [5.74, 6) is -0.379. The lowest BCUT2D eigenvalue weighted by atomic mass is 10.3. The van der Waals surface area contributed by atoms with Gasteiger partial charge in [-0.25, -0.2) is 4.79 Å². The van der Waals surface area contributed by atoms with E-state index < -0.39 is 0 Å². The number of aryl methyl sites for hydroxylation is 2. The van der Waals surface area contributed by atoms with Crippen molar-refractivity contribution < 1.29 is 9.53 Å². The molecule has 7 heteroatoms. The maximum absolute atomic E-state index is 11.6. The van der Waals surface area contributed by atoms with Crippen LogP contribution in [0.3, 0.4) is 0 Å². The van der Waals surface area contributed by atoms with Gasteiger partial charge in [-0.2, -0.15) is 5.10 Å². The molecule has 0 unspecified atom stereocenters. The number of hydrogen-bond donors (Lipinski definition) is 1. The maximum atomic E-state index is 11.6. The van der Waals surface area contributed by atoms with Crippen molar-refractivity contribution >= 4 is 11.7 Å². The lowest BCUT2D eigenvalue weighted by molar-refractivity contribution is 0.0526.